The molecule has 0 bridgehead atoms. The van der Waals surface area contributed by atoms with Crippen molar-refractivity contribution in [3.63, 3.8) is 0 Å². The van der Waals surface area contributed by atoms with E-state index in [4.69, 9.17) is 0 Å². The van der Waals surface area contributed by atoms with Gasteiger partial charge in [0.25, 0.3) is 0 Å². The van der Waals surface area contributed by atoms with E-state index in [-0.39, 0.29) is 11.8 Å². The molecule has 2 rings (SSSR count). The average molecular weight is 275 g/mol. The van der Waals surface area contributed by atoms with Gasteiger partial charge < -0.3 is 16.0 Å². The number of nitrogens with one attached hydrogen (secondary N) is 3. The third kappa shape index (κ3) is 4.66. The van der Waals surface area contributed by atoms with Crippen LogP contribution in [0.1, 0.15) is 32.6 Å². The summed E-state index contributed by atoms with van der Waals surface area (Å²) in [5, 5.41) is 8.93. The third-order valence-corrected chi connectivity index (χ3v) is 3.33. The number of anilines is 2. The summed E-state index contributed by atoms with van der Waals surface area (Å²) < 4.78 is 0. The van der Waals surface area contributed by atoms with E-state index in [0.717, 1.165) is 24.3 Å². The number of hydrogen-bond donors (Lipinski definition) is 3. The highest BCUT2D eigenvalue weighted by atomic mass is 16.2. The number of rotatable bonds is 4. The van der Waals surface area contributed by atoms with E-state index in [1.807, 2.05) is 0 Å². The van der Waals surface area contributed by atoms with Crippen molar-refractivity contribution in [2.75, 3.05) is 17.2 Å². The molecule has 0 saturated carbocycles. The molecule has 0 aromatic heterocycles. The quantitative estimate of drug-likeness (QED) is 0.788. The molecule has 1 aromatic rings. The molecular formula is C15H21N3O2. The first-order valence-electron chi connectivity index (χ1n) is 7.04. The van der Waals surface area contributed by atoms with E-state index in [1.54, 1.807) is 24.3 Å². The van der Waals surface area contributed by atoms with Crippen LogP contribution in [0.25, 0.3) is 0 Å². The van der Waals surface area contributed by atoms with Crippen LogP contribution >= 0.6 is 0 Å². The summed E-state index contributed by atoms with van der Waals surface area (Å²) in [6.07, 6.45) is 3.96. The molecule has 0 aliphatic carbocycles. The highest BCUT2D eigenvalue weighted by molar-refractivity contribution is 5.92. The summed E-state index contributed by atoms with van der Waals surface area (Å²) in [7, 11) is 0. The first kappa shape index (κ1) is 14.5. The second-order valence-corrected chi connectivity index (χ2v) is 5.16. The van der Waals surface area contributed by atoms with Crippen molar-refractivity contribution >= 4 is 23.2 Å². The van der Waals surface area contributed by atoms with Gasteiger partial charge in [-0.1, -0.05) is 6.42 Å². The molecule has 1 aliphatic heterocycles. The second kappa shape index (κ2) is 7.05. The van der Waals surface area contributed by atoms with Crippen LogP contribution in [0.3, 0.4) is 0 Å². The van der Waals surface area contributed by atoms with E-state index in [2.05, 4.69) is 16.0 Å². The Morgan fingerprint density at radius 1 is 1.15 bits per heavy atom. The highest BCUT2D eigenvalue weighted by Crippen LogP contribution is 2.15. The van der Waals surface area contributed by atoms with Gasteiger partial charge in [-0.2, -0.15) is 0 Å². The molecule has 0 radical (unpaired) electrons. The smallest absolute Gasteiger partial charge is 0.225 e. The predicted octanol–water partition coefficient (Wildman–Crippen LogP) is 2.12. The van der Waals surface area contributed by atoms with Gasteiger partial charge in [0.15, 0.2) is 0 Å². The van der Waals surface area contributed by atoms with Crippen LogP contribution in [0, 0.1) is 0 Å². The fraction of sp³-hybridized carbons (Fsp3) is 0.467. The lowest BCUT2D eigenvalue weighted by atomic mass is 10.0. The molecule has 1 aromatic carbocycles. The van der Waals surface area contributed by atoms with Gasteiger partial charge in [0, 0.05) is 30.8 Å². The van der Waals surface area contributed by atoms with Crippen LogP contribution in [-0.2, 0) is 9.59 Å². The molecule has 3 N–H and O–H groups in total. The number of piperidine rings is 1. The minimum Gasteiger partial charge on any atom is -0.326 e. The second-order valence-electron chi connectivity index (χ2n) is 5.16. The summed E-state index contributed by atoms with van der Waals surface area (Å²) in [6.45, 7) is 2.47. The molecule has 0 spiro atoms. The first-order chi connectivity index (χ1) is 9.63. The molecule has 1 saturated heterocycles. The van der Waals surface area contributed by atoms with Crippen molar-refractivity contribution < 1.29 is 9.59 Å². The van der Waals surface area contributed by atoms with E-state index >= 15 is 0 Å². The average Bonchev–Trinajstić information content (AvgIpc) is 2.41. The van der Waals surface area contributed by atoms with E-state index in [1.165, 1.54) is 19.8 Å². The lowest BCUT2D eigenvalue weighted by Crippen LogP contribution is -2.36. The van der Waals surface area contributed by atoms with Crippen LogP contribution in [0.4, 0.5) is 11.4 Å². The molecule has 1 atom stereocenters. The van der Waals surface area contributed by atoms with Crippen LogP contribution in [-0.4, -0.2) is 24.4 Å². The SMILES string of the molecule is CC(=O)Nc1ccc(NC(=O)CC2CCCCN2)cc1. The Balaban J connectivity index is 1.82. The molecule has 1 aliphatic rings. The standard InChI is InChI=1S/C15H21N3O2/c1-11(19)17-12-5-7-13(8-6-12)18-15(20)10-14-4-2-3-9-16-14/h5-8,14,16H,2-4,9-10H2,1H3,(H,17,19)(H,18,20). The normalized spacial score (nSPS) is 18.4. The number of benzene rings is 1. The first-order valence-corrected chi connectivity index (χ1v) is 7.04. The summed E-state index contributed by atoms with van der Waals surface area (Å²) in [5.41, 5.74) is 1.48. The zero-order valence-electron chi connectivity index (χ0n) is 11.7. The maximum absolute atomic E-state index is 11.9. The number of carbonyl (C=O) groups excluding carboxylic acids is 2. The van der Waals surface area contributed by atoms with E-state index in [9.17, 15) is 9.59 Å². The van der Waals surface area contributed by atoms with Gasteiger partial charge in [-0.25, -0.2) is 0 Å². The Hall–Kier alpha value is -1.88. The highest BCUT2D eigenvalue weighted by Gasteiger charge is 2.16. The van der Waals surface area contributed by atoms with Gasteiger partial charge in [-0.05, 0) is 43.7 Å². The Labute approximate surface area is 119 Å². The third-order valence-electron chi connectivity index (χ3n) is 3.33. The maximum Gasteiger partial charge on any atom is 0.225 e. The summed E-state index contributed by atoms with van der Waals surface area (Å²) in [6, 6.07) is 7.42. The molecule has 1 heterocycles. The van der Waals surface area contributed by atoms with Gasteiger partial charge in [0.1, 0.15) is 0 Å². The lowest BCUT2D eigenvalue weighted by Gasteiger charge is -2.22. The maximum atomic E-state index is 11.9. The zero-order chi connectivity index (χ0) is 14.4. The summed E-state index contributed by atoms with van der Waals surface area (Å²) in [4.78, 5) is 22.8. The van der Waals surface area contributed by atoms with Crippen LogP contribution in [0.2, 0.25) is 0 Å². The molecule has 5 heteroatoms. The summed E-state index contributed by atoms with van der Waals surface area (Å²) in [5.74, 6) is -0.0816. The molecule has 5 nitrogen and oxygen atoms in total. The van der Waals surface area contributed by atoms with Crippen molar-refractivity contribution in [3.05, 3.63) is 24.3 Å². The van der Waals surface area contributed by atoms with Crippen molar-refractivity contribution in [1.82, 2.24) is 5.32 Å². The number of carbonyl (C=O) groups is 2. The number of amides is 2. The van der Waals surface area contributed by atoms with Crippen molar-refractivity contribution in [1.29, 1.82) is 0 Å². The van der Waals surface area contributed by atoms with Crippen molar-refractivity contribution in [2.45, 2.75) is 38.6 Å². The number of hydrogen-bond acceptors (Lipinski definition) is 3. The van der Waals surface area contributed by atoms with Crippen LogP contribution < -0.4 is 16.0 Å². The Kier molecular flexibility index (Phi) is 5.12. The van der Waals surface area contributed by atoms with Crippen LogP contribution in [0.15, 0.2) is 24.3 Å². The van der Waals surface area contributed by atoms with Gasteiger partial charge in [-0.15, -0.1) is 0 Å². The molecule has 20 heavy (non-hydrogen) atoms. The molecule has 108 valence electrons. The van der Waals surface area contributed by atoms with Crippen molar-refractivity contribution in [2.24, 2.45) is 0 Å². The largest absolute Gasteiger partial charge is 0.326 e. The Morgan fingerprint density at radius 3 is 2.35 bits per heavy atom. The topological polar surface area (TPSA) is 70.2 Å². The molecule has 1 fully saturated rings. The van der Waals surface area contributed by atoms with E-state index < -0.39 is 0 Å². The minimum atomic E-state index is -0.106. The molecule has 1 unspecified atom stereocenters. The van der Waals surface area contributed by atoms with E-state index in [0.29, 0.717) is 12.5 Å². The van der Waals surface area contributed by atoms with Gasteiger partial charge in [0.2, 0.25) is 11.8 Å². The fourth-order valence-corrected chi connectivity index (χ4v) is 2.37. The van der Waals surface area contributed by atoms with Gasteiger partial charge in [-0.3, -0.25) is 9.59 Å². The van der Waals surface area contributed by atoms with Gasteiger partial charge in [0.05, 0.1) is 0 Å². The Morgan fingerprint density at radius 2 is 1.80 bits per heavy atom. The van der Waals surface area contributed by atoms with Crippen LogP contribution in [0.5, 0.6) is 0 Å². The Bertz CT molecular complexity index is 465. The van der Waals surface area contributed by atoms with Crippen molar-refractivity contribution in [3.8, 4) is 0 Å². The lowest BCUT2D eigenvalue weighted by molar-refractivity contribution is -0.117. The molecular weight excluding hydrogens is 254 g/mol. The predicted molar refractivity (Wildman–Crippen MR) is 79.6 cm³/mol. The monoisotopic (exact) mass is 275 g/mol. The fourth-order valence-electron chi connectivity index (χ4n) is 2.37. The summed E-state index contributed by atoms with van der Waals surface area (Å²) >= 11 is 0. The van der Waals surface area contributed by atoms with Gasteiger partial charge >= 0.3 is 0 Å². The molecule has 2 amide bonds. The zero-order valence-corrected chi connectivity index (χ0v) is 11.7. The minimum absolute atomic E-state index is 0.0247.